The van der Waals surface area contributed by atoms with Crippen LogP contribution in [0.4, 0.5) is 4.39 Å². The predicted octanol–water partition coefficient (Wildman–Crippen LogP) is 3.36. The molecule has 3 rings (SSSR count). The van der Waals surface area contributed by atoms with Crippen molar-refractivity contribution in [3.63, 3.8) is 0 Å². The van der Waals surface area contributed by atoms with E-state index < -0.39 is 0 Å². The summed E-state index contributed by atoms with van der Waals surface area (Å²) in [4.78, 5) is 2.68. The Kier molecular flexibility index (Phi) is 4.91. The lowest BCUT2D eigenvalue weighted by Crippen LogP contribution is -2.53. The van der Waals surface area contributed by atoms with Gasteiger partial charge in [0.05, 0.1) is 0 Å². The number of likely N-dealkylation sites (tertiary alicyclic amines) is 1. The van der Waals surface area contributed by atoms with Crippen LogP contribution in [0, 0.1) is 5.82 Å². The van der Waals surface area contributed by atoms with E-state index in [4.69, 9.17) is 0 Å². The number of hydrogen-bond acceptors (Lipinski definition) is 2. The molecule has 2 saturated heterocycles. The van der Waals surface area contributed by atoms with Gasteiger partial charge in [0.25, 0.3) is 0 Å². The van der Waals surface area contributed by atoms with Crippen molar-refractivity contribution < 1.29 is 4.39 Å². The maximum Gasteiger partial charge on any atom is 0.123 e. The molecule has 3 unspecified atom stereocenters. The van der Waals surface area contributed by atoms with Crippen molar-refractivity contribution in [2.45, 2.75) is 63.6 Å². The summed E-state index contributed by atoms with van der Waals surface area (Å²) in [5.41, 5.74) is 1.12. The van der Waals surface area contributed by atoms with Crippen LogP contribution >= 0.6 is 0 Å². The van der Waals surface area contributed by atoms with Crippen LogP contribution in [-0.2, 0) is 6.42 Å². The van der Waals surface area contributed by atoms with Crippen LogP contribution in [0.3, 0.4) is 0 Å². The smallest absolute Gasteiger partial charge is 0.123 e. The van der Waals surface area contributed by atoms with Gasteiger partial charge >= 0.3 is 0 Å². The Morgan fingerprint density at radius 1 is 1.29 bits per heavy atom. The number of halogens is 1. The van der Waals surface area contributed by atoms with E-state index in [1.54, 1.807) is 6.07 Å². The molecule has 0 aliphatic carbocycles. The molecule has 2 nitrogen and oxygen atoms in total. The molecule has 1 aromatic carbocycles. The number of benzene rings is 1. The fraction of sp³-hybridized carbons (Fsp3) is 0.667. The quantitative estimate of drug-likeness (QED) is 0.914. The first kappa shape index (κ1) is 15.0. The lowest BCUT2D eigenvalue weighted by atomic mass is 9.91. The average molecular weight is 290 g/mol. The third kappa shape index (κ3) is 3.64. The first-order valence-electron chi connectivity index (χ1n) is 8.47. The minimum Gasteiger partial charge on any atom is -0.312 e. The number of nitrogens with one attached hydrogen (secondary N) is 1. The molecule has 0 bridgehead atoms. The summed E-state index contributed by atoms with van der Waals surface area (Å²) in [6, 6.07) is 8.91. The fourth-order valence-electron chi connectivity index (χ4n) is 4.12. The Labute approximate surface area is 127 Å². The molecule has 0 amide bonds. The van der Waals surface area contributed by atoms with Crippen molar-refractivity contribution in [2.75, 3.05) is 13.1 Å². The van der Waals surface area contributed by atoms with E-state index in [9.17, 15) is 4.39 Å². The van der Waals surface area contributed by atoms with Gasteiger partial charge in [-0.25, -0.2) is 4.39 Å². The molecule has 3 atom stereocenters. The molecule has 0 aromatic heterocycles. The van der Waals surface area contributed by atoms with E-state index in [2.05, 4.69) is 17.1 Å². The first-order chi connectivity index (χ1) is 10.2. The second-order valence-corrected chi connectivity index (χ2v) is 6.69. The molecule has 0 radical (unpaired) electrons. The summed E-state index contributed by atoms with van der Waals surface area (Å²) in [5.74, 6) is -0.118. The minimum absolute atomic E-state index is 0.118. The zero-order valence-electron chi connectivity index (χ0n) is 13.0. The highest BCUT2D eigenvalue weighted by molar-refractivity contribution is 5.17. The van der Waals surface area contributed by atoms with Crippen molar-refractivity contribution in [1.29, 1.82) is 0 Å². The van der Waals surface area contributed by atoms with Gasteiger partial charge in [0.1, 0.15) is 5.82 Å². The van der Waals surface area contributed by atoms with E-state index in [0.29, 0.717) is 18.1 Å². The highest BCUT2D eigenvalue weighted by Crippen LogP contribution is 2.27. The van der Waals surface area contributed by atoms with Gasteiger partial charge in [0, 0.05) is 18.1 Å². The van der Waals surface area contributed by atoms with E-state index in [1.807, 2.05) is 12.1 Å². The fourth-order valence-corrected chi connectivity index (χ4v) is 4.12. The summed E-state index contributed by atoms with van der Waals surface area (Å²) >= 11 is 0. The summed E-state index contributed by atoms with van der Waals surface area (Å²) in [6.45, 7) is 4.67. The molecule has 2 heterocycles. The monoisotopic (exact) mass is 290 g/mol. The molecule has 21 heavy (non-hydrogen) atoms. The Morgan fingerprint density at radius 3 is 2.95 bits per heavy atom. The van der Waals surface area contributed by atoms with Crippen molar-refractivity contribution in [3.8, 4) is 0 Å². The van der Waals surface area contributed by atoms with Crippen LogP contribution in [0.2, 0.25) is 0 Å². The highest BCUT2D eigenvalue weighted by Gasteiger charge is 2.33. The molecule has 116 valence electrons. The molecule has 1 aromatic rings. The maximum absolute atomic E-state index is 13.4. The molecule has 0 saturated carbocycles. The van der Waals surface area contributed by atoms with Gasteiger partial charge < -0.3 is 5.32 Å². The summed E-state index contributed by atoms with van der Waals surface area (Å²) in [6.07, 6.45) is 7.54. The van der Waals surface area contributed by atoms with Crippen molar-refractivity contribution in [1.82, 2.24) is 10.2 Å². The normalized spacial score (nSPS) is 28.7. The van der Waals surface area contributed by atoms with Crippen molar-refractivity contribution >= 4 is 0 Å². The van der Waals surface area contributed by atoms with Crippen LogP contribution in [0.5, 0.6) is 0 Å². The molecule has 2 aliphatic rings. The Morgan fingerprint density at radius 2 is 2.19 bits per heavy atom. The largest absolute Gasteiger partial charge is 0.312 e. The second-order valence-electron chi connectivity index (χ2n) is 6.69. The van der Waals surface area contributed by atoms with Crippen LogP contribution in [-0.4, -0.2) is 36.1 Å². The SMILES string of the molecule is CC(Cc1cccc(F)c1)N1CCCCC1C1CCCN1. The number of rotatable bonds is 4. The molecule has 2 aliphatic heterocycles. The number of hydrogen-bond donors (Lipinski definition) is 1. The Hall–Kier alpha value is -0.930. The van der Waals surface area contributed by atoms with E-state index in [0.717, 1.165) is 12.0 Å². The number of nitrogens with zero attached hydrogens (tertiary/aromatic N) is 1. The standard InChI is InChI=1S/C18H27FN2/c1-14(12-15-6-4-7-16(19)13-15)21-11-3-2-9-18(21)17-8-5-10-20-17/h4,6-7,13-14,17-18,20H,2-3,5,8-12H2,1H3. The van der Waals surface area contributed by atoms with Crippen LogP contribution < -0.4 is 5.32 Å². The third-order valence-corrected chi connectivity index (χ3v) is 5.14. The maximum atomic E-state index is 13.4. The summed E-state index contributed by atoms with van der Waals surface area (Å²) in [7, 11) is 0. The van der Waals surface area contributed by atoms with Crippen LogP contribution in [0.1, 0.15) is 44.6 Å². The third-order valence-electron chi connectivity index (χ3n) is 5.14. The Bertz CT molecular complexity index is 456. The Balaban J connectivity index is 1.67. The van der Waals surface area contributed by atoms with Crippen LogP contribution in [0.15, 0.2) is 24.3 Å². The number of piperidine rings is 1. The zero-order valence-corrected chi connectivity index (χ0v) is 13.0. The molecule has 1 N–H and O–H groups in total. The van der Waals surface area contributed by atoms with E-state index >= 15 is 0 Å². The van der Waals surface area contributed by atoms with Gasteiger partial charge in [0.2, 0.25) is 0 Å². The molecule has 3 heteroatoms. The van der Waals surface area contributed by atoms with E-state index in [-0.39, 0.29) is 5.82 Å². The van der Waals surface area contributed by atoms with Gasteiger partial charge in [-0.3, -0.25) is 4.90 Å². The van der Waals surface area contributed by atoms with Gasteiger partial charge in [0.15, 0.2) is 0 Å². The second kappa shape index (κ2) is 6.89. The summed E-state index contributed by atoms with van der Waals surface area (Å²) < 4.78 is 13.4. The lowest BCUT2D eigenvalue weighted by molar-refractivity contribution is 0.0804. The van der Waals surface area contributed by atoms with Crippen molar-refractivity contribution in [3.05, 3.63) is 35.6 Å². The minimum atomic E-state index is -0.118. The first-order valence-corrected chi connectivity index (χ1v) is 8.47. The lowest BCUT2D eigenvalue weighted by Gasteiger charge is -2.43. The molecule has 2 fully saturated rings. The van der Waals surface area contributed by atoms with Crippen molar-refractivity contribution in [2.24, 2.45) is 0 Å². The summed E-state index contributed by atoms with van der Waals surface area (Å²) in [5, 5.41) is 3.68. The predicted molar refractivity (Wildman–Crippen MR) is 84.9 cm³/mol. The van der Waals surface area contributed by atoms with Gasteiger partial charge in [-0.1, -0.05) is 18.6 Å². The van der Waals surface area contributed by atoms with Crippen LogP contribution in [0.25, 0.3) is 0 Å². The molecular weight excluding hydrogens is 263 g/mol. The average Bonchev–Trinajstić information content (AvgIpc) is 3.01. The van der Waals surface area contributed by atoms with Gasteiger partial charge in [-0.15, -0.1) is 0 Å². The van der Waals surface area contributed by atoms with Gasteiger partial charge in [-0.2, -0.15) is 0 Å². The highest BCUT2D eigenvalue weighted by atomic mass is 19.1. The molecular formula is C18H27FN2. The molecule has 0 spiro atoms. The zero-order chi connectivity index (χ0) is 14.7. The van der Waals surface area contributed by atoms with E-state index in [1.165, 1.54) is 51.3 Å². The topological polar surface area (TPSA) is 15.3 Å². The van der Waals surface area contributed by atoms with Gasteiger partial charge in [-0.05, 0) is 69.8 Å².